The lowest BCUT2D eigenvalue weighted by molar-refractivity contribution is 0.577. The monoisotopic (exact) mass is 246 g/mol. The molecule has 98 valence electrons. The smallest absolute Gasteiger partial charge is 0.222 e. The molecule has 18 heavy (non-hydrogen) atoms. The highest BCUT2D eigenvalue weighted by molar-refractivity contribution is 5.30. The molecule has 1 saturated carbocycles. The fourth-order valence-corrected chi connectivity index (χ4v) is 2.96. The number of nitrogens with zero attached hydrogens (tertiary/aromatic N) is 2. The van der Waals surface area contributed by atoms with E-state index in [1.807, 2.05) is 6.20 Å². The van der Waals surface area contributed by atoms with Gasteiger partial charge in [-0.1, -0.05) is 12.8 Å². The molecule has 1 aromatic heterocycles. The summed E-state index contributed by atoms with van der Waals surface area (Å²) in [5.74, 6) is 1.65. The molecule has 0 bridgehead atoms. The Morgan fingerprint density at radius 3 is 2.94 bits per heavy atom. The Morgan fingerprint density at radius 1 is 1.22 bits per heavy atom. The molecule has 0 spiro atoms. The van der Waals surface area contributed by atoms with E-state index in [9.17, 15) is 0 Å². The topological polar surface area (TPSA) is 49.8 Å². The molecule has 0 atom stereocenters. The van der Waals surface area contributed by atoms with E-state index in [2.05, 4.69) is 20.6 Å². The number of anilines is 1. The lowest BCUT2D eigenvalue weighted by atomic mass is 10.1. The molecule has 2 N–H and O–H groups in total. The third-order valence-corrected chi connectivity index (χ3v) is 4.09. The van der Waals surface area contributed by atoms with Gasteiger partial charge in [0.2, 0.25) is 5.95 Å². The van der Waals surface area contributed by atoms with Gasteiger partial charge in [0.05, 0.1) is 5.69 Å². The Balaban J connectivity index is 1.63. The van der Waals surface area contributed by atoms with Crippen molar-refractivity contribution in [1.29, 1.82) is 0 Å². The standard InChI is InChI=1S/C14H22N4/c1-2-4-11(3-1)9-16-14-17-10-12-5-7-15-8-6-13(12)18-14/h10-11,15H,1-9H2,(H,16,17,18). The first-order valence-corrected chi connectivity index (χ1v) is 7.21. The second kappa shape index (κ2) is 5.65. The number of hydrogen-bond donors (Lipinski definition) is 2. The highest BCUT2D eigenvalue weighted by Crippen LogP contribution is 2.24. The predicted molar refractivity (Wildman–Crippen MR) is 72.8 cm³/mol. The van der Waals surface area contributed by atoms with Crippen LogP contribution in [0.3, 0.4) is 0 Å². The Bertz CT molecular complexity index is 399. The van der Waals surface area contributed by atoms with Gasteiger partial charge in [0.25, 0.3) is 0 Å². The average molecular weight is 246 g/mol. The quantitative estimate of drug-likeness (QED) is 0.853. The number of fused-ring (bicyclic) bond motifs is 1. The van der Waals surface area contributed by atoms with Crippen LogP contribution in [0.5, 0.6) is 0 Å². The maximum absolute atomic E-state index is 4.67. The predicted octanol–water partition coefficient (Wildman–Crippen LogP) is 1.77. The maximum Gasteiger partial charge on any atom is 0.222 e. The molecule has 0 amide bonds. The summed E-state index contributed by atoms with van der Waals surface area (Å²) in [6, 6.07) is 0. The Morgan fingerprint density at radius 2 is 2.06 bits per heavy atom. The highest BCUT2D eigenvalue weighted by atomic mass is 15.1. The molecular weight excluding hydrogens is 224 g/mol. The van der Waals surface area contributed by atoms with Crippen LogP contribution >= 0.6 is 0 Å². The minimum Gasteiger partial charge on any atom is -0.354 e. The van der Waals surface area contributed by atoms with E-state index in [1.165, 1.54) is 36.9 Å². The Kier molecular flexibility index (Phi) is 3.74. The molecule has 4 nitrogen and oxygen atoms in total. The Hall–Kier alpha value is -1.16. The van der Waals surface area contributed by atoms with Crippen molar-refractivity contribution in [3.63, 3.8) is 0 Å². The van der Waals surface area contributed by atoms with Gasteiger partial charge in [-0.3, -0.25) is 0 Å². The molecule has 0 unspecified atom stereocenters. The van der Waals surface area contributed by atoms with Gasteiger partial charge in [-0.2, -0.15) is 0 Å². The van der Waals surface area contributed by atoms with Crippen molar-refractivity contribution >= 4 is 5.95 Å². The van der Waals surface area contributed by atoms with Crippen LogP contribution in [0.25, 0.3) is 0 Å². The summed E-state index contributed by atoms with van der Waals surface area (Å²) in [4.78, 5) is 9.12. The van der Waals surface area contributed by atoms with Crippen molar-refractivity contribution in [1.82, 2.24) is 15.3 Å². The zero-order chi connectivity index (χ0) is 12.2. The summed E-state index contributed by atoms with van der Waals surface area (Å²) in [5, 5.41) is 6.82. The van der Waals surface area contributed by atoms with Gasteiger partial charge in [0.1, 0.15) is 0 Å². The lowest BCUT2D eigenvalue weighted by Crippen LogP contribution is -2.16. The molecule has 1 fully saturated rings. The van der Waals surface area contributed by atoms with Crippen LogP contribution in [0.15, 0.2) is 6.20 Å². The molecule has 1 aliphatic heterocycles. The summed E-state index contributed by atoms with van der Waals surface area (Å²) in [6.45, 7) is 3.12. The SMILES string of the molecule is c1nc(NCC2CCCC2)nc2c1CCNCC2. The fourth-order valence-electron chi connectivity index (χ4n) is 2.96. The van der Waals surface area contributed by atoms with Gasteiger partial charge in [-0.15, -0.1) is 0 Å². The van der Waals surface area contributed by atoms with E-state index in [1.54, 1.807) is 0 Å². The van der Waals surface area contributed by atoms with Crippen LogP contribution < -0.4 is 10.6 Å². The van der Waals surface area contributed by atoms with E-state index in [0.29, 0.717) is 0 Å². The summed E-state index contributed by atoms with van der Waals surface area (Å²) in [7, 11) is 0. The van der Waals surface area contributed by atoms with Crippen LogP contribution in [0.2, 0.25) is 0 Å². The third kappa shape index (κ3) is 2.80. The molecular formula is C14H22N4. The second-order valence-electron chi connectivity index (χ2n) is 5.45. The number of rotatable bonds is 3. The van der Waals surface area contributed by atoms with Crippen LogP contribution in [0, 0.1) is 5.92 Å². The molecule has 3 rings (SSSR count). The van der Waals surface area contributed by atoms with E-state index >= 15 is 0 Å². The minimum atomic E-state index is 0.822. The Labute approximate surface area is 109 Å². The van der Waals surface area contributed by atoms with Gasteiger partial charge >= 0.3 is 0 Å². The molecule has 2 aliphatic rings. The lowest BCUT2D eigenvalue weighted by Gasteiger charge is -2.12. The third-order valence-electron chi connectivity index (χ3n) is 4.09. The molecule has 1 aromatic rings. The second-order valence-corrected chi connectivity index (χ2v) is 5.45. The van der Waals surface area contributed by atoms with Gasteiger partial charge in [0, 0.05) is 25.7 Å². The average Bonchev–Trinajstić information content (AvgIpc) is 2.80. The van der Waals surface area contributed by atoms with Crippen molar-refractivity contribution in [2.24, 2.45) is 5.92 Å². The number of aromatic nitrogens is 2. The first kappa shape index (κ1) is 11.9. The van der Waals surface area contributed by atoms with Gasteiger partial charge in [0.15, 0.2) is 0 Å². The molecule has 1 aliphatic carbocycles. The van der Waals surface area contributed by atoms with Crippen molar-refractivity contribution in [2.75, 3.05) is 25.0 Å². The van der Waals surface area contributed by atoms with Crippen molar-refractivity contribution in [2.45, 2.75) is 38.5 Å². The van der Waals surface area contributed by atoms with E-state index < -0.39 is 0 Å². The summed E-state index contributed by atoms with van der Waals surface area (Å²) in [6.07, 6.45) is 9.59. The van der Waals surface area contributed by atoms with Crippen molar-refractivity contribution in [3.05, 3.63) is 17.5 Å². The molecule has 0 aromatic carbocycles. The zero-order valence-corrected chi connectivity index (χ0v) is 10.9. The molecule has 0 radical (unpaired) electrons. The summed E-state index contributed by atoms with van der Waals surface area (Å²) in [5.41, 5.74) is 2.54. The zero-order valence-electron chi connectivity index (χ0n) is 10.9. The van der Waals surface area contributed by atoms with E-state index in [0.717, 1.165) is 44.3 Å². The first-order valence-electron chi connectivity index (χ1n) is 7.21. The van der Waals surface area contributed by atoms with Gasteiger partial charge in [-0.05, 0) is 37.3 Å². The molecule has 0 saturated heterocycles. The minimum absolute atomic E-state index is 0.822. The summed E-state index contributed by atoms with van der Waals surface area (Å²) < 4.78 is 0. The molecule has 2 heterocycles. The van der Waals surface area contributed by atoms with Crippen molar-refractivity contribution in [3.8, 4) is 0 Å². The van der Waals surface area contributed by atoms with E-state index in [-0.39, 0.29) is 0 Å². The number of nitrogens with one attached hydrogen (secondary N) is 2. The number of hydrogen-bond acceptors (Lipinski definition) is 4. The van der Waals surface area contributed by atoms with Crippen LogP contribution in [0.4, 0.5) is 5.95 Å². The maximum atomic E-state index is 4.67. The van der Waals surface area contributed by atoms with Gasteiger partial charge < -0.3 is 10.6 Å². The van der Waals surface area contributed by atoms with Gasteiger partial charge in [-0.25, -0.2) is 9.97 Å². The summed E-state index contributed by atoms with van der Waals surface area (Å²) >= 11 is 0. The van der Waals surface area contributed by atoms with E-state index in [4.69, 9.17) is 0 Å². The van der Waals surface area contributed by atoms with Crippen molar-refractivity contribution < 1.29 is 0 Å². The molecule has 4 heteroatoms. The largest absolute Gasteiger partial charge is 0.354 e. The van der Waals surface area contributed by atoms with Crippen LogP contribution in [-0.2, 0) is 12.8 Å². The fraction of sp³-hybridized carbons (Fsp3) is 0.714. The normalized spacial score (nSPS) is 20.4. The highest BCUT2D eigenvalue weighted by Gasteiger charge is 2.15. The van der Waals surface area contributed by atoms with Crippen LogP contribution in [0.1, 0.15) is 36.9 Å². The first-order chi connectivity index (χ1) is 8.92. The van der Waals surface area contributed by atoms with Crippen LogP contribution in [-0.4, -0.2) is 29.6 Å².